The third-order valence-corrected chi connectivity index (χ3v) is 2.15. The van der Waals surface area contributed by atoms with E-state index in [-0.39, 0.29) is 0 Å². The predicted molar refractivity (Wildman–Crippen MR) is 68.3 cm³/mol. The van der Waals surface area contributed by atoms with E-state index in [9.17, 15) is 0 Å². The summed E-state index contributed by atoms with van der Waals surface area (Å²) in [5.74, 6) is 0. The van der Waals surface area contributed by atoms with E-state index in [1.54, 1.807) is 17.4 Å². The second kappa shape index (κ2) is 9.15. The molecule has 82 valence electrons. The topological polar surface area (TPSA) is 37.8 Å². The molecule has 1 N–H and O–H groups in total. The van der Waals surface area contributed by atoms with E-state index in [0.29, 0.717) is 0 Å². The number of hydrogen-bond acceptors (Lipinski definition) is 4. The van der Waals surface area contributed by atoms with Crippen LogP contribution >= 0.6 is 11.3 Å². The Kier molecular flexibility index (Phi) is 8.28. The fourth-order valence-corrected chi connectivity index (χ4v) is 1.20. The van der Waals surface area contributed by atoms with Crippen LogP contribution in [0.25, 0.3) is 0 Å². The molecule has 0 aliphatic heterocycles. The van der Waals surface area contributed by atoms with Crippen molar-refractivity contribution in [2.24, 2.45) is 0 Å². The highest BCUT2D eigenvalue weighted by Gasteiger charge is 1.92. The Bertz CT molecular complexity index is 326. The third kappa shape index (κ3) is 7.64. The summed E-state index contributed by atoms with van der Waals surface area (Å²) in [5.41, 5.74) is 0. The predicted octanol–water partition coefficient (Wildman–Crippen LogP) is 3.19. The van der Waals surface area contributed by atoms with E-state index in [1.165, 1.54) is 0 Å². The van der Waals surface area contributed by atoms with E-state index in [1.807, 2.05) is 45.2 Å². The smallest absolute Gasteiger partial charge is 0.205 e. The highest BCUT2D eigenvalue weighted by Crippen LogP contribution is 2.11. The van der Waals surface area contributed by atoms with Crippen LogP contribution in [0.1, 0.15) is 11.9 Å². The molecule has 1 aromatic heterocycles. The molecule has 0 saturated carbocycles. The van der Waals surface area contributed by atoms with E-state index < -0.39 is 0 Å². The van der Waals surface area contributed by atoms with Crippen LogP contribution in [-0.2, 0) is 0 Å². The van der Waals surface area contributed by atoms with Crippen molar-refractivity contribution < 1.29 is 0 Å². The van der Waals surface area contributed by atoms with Crippen molar-refractivity contribution in [2.75, 3.05) is 12.4 Å². The van der Waals surface area contributed by atoms with Crippen LogP contribution in [0.2, 0.25) is 0 Å². The van der Waals surface area contributed by atoms with Crippen molar-refractivity contribution in [3.05, 3.63) is 42.0 Å². The zero-order valence-corrected chi connectivity index (χ0v) is 10.2. The molecule has 1 aromatic rings. The van der Waals surface area contributed by atoms with Gasteiger partial charge in [-0.25, -0.2) is 0 Å². The molecule has 0 aliphatic carbocycles. The van der Waals surface area contributed by atoms with Gasteiger partial charge in [-0.15, -0.1) is 10.2 Å². The lowest BCUT2D eigenvalue weighted by Gasteiger charge is -1.82. The first kappa shape index (κ1) is 13.6. The Balaban J connectivity index is 0.000000265. The van der Waals surface area contributed by atoms with Crippen LogP contribution in [0, 0.1) is 6.92 Å². The van der Waals surface area contributed by atoms with Crippen LogP contribution in [0.4, 0.5) is 5.13 Å². The molecule has 0 atom stereocenters. The minimum atomic E-state index is 0.877. The van der Waals surface area contributed by atoms with Gasteiger partial charge in [0, 0.05) is 7.05 Å². The van der Waals surface area contributed by atoms with Crippen LogP contribution in [0.5, 0.6) is 0 Å². The van der Waals surface area contributed by atoms with Crippen molar-refractivity contribution in [3.8, 4) is 0 Å². The summed E-state index contributed by atoms with van der Waals surface area (Å²) in [6.45, 7) is 7.42. The zero-order chi connectivity index (χ0) is 11.5. The molecule has 0 fully saturated rings. The van der Waals surface area contributed by atoms with Gasteiger partial charge in [-0.2, -0.15) is 0 Å². The number of anilines is 1. The fraction of sp³-hybridized carbons (Fsp3) is 0.273. The van der Waals surface area contributed by atoms with Crippen molar-refractivity contribution in [2.45, 2.75) is 13.8 Å². The van der Waals surface area contributed by atoms with Gasteiger partial charge < -0.3 is 5.32 Å². The normalized spacial score (nSPS) is 10.1. The van der Waals surface area contributed by atoms with E-state index >= 15 is 0 Å². The molecule has 0 bridgehead atoms. The molecule has 1 rings (SSSR count). The third-order valence-electron chi connectivity index (χ3n) is 1.29. The van der Waals surface area contributed by atoms with Crippen molar-refractivity contribution in [3.63, 3.8) is 0 Å². The minimum Gasteiger partial charge on any atom is -0.363 e. The molecule has 0 unspecified atom stereocenters. The maximum absolute atomic E-state index is 3.79. The molecule has 0 saturated heterocycles. The van der Waals surface area contributed by atoms with Gasteiger partial charge in [0.15, 0.2) is 0 Å². The Morgan fingerprint density at radius 3 is 2.33 bits per heavy atom. The van der Waals surface area contributed by atoms with Gasteiger partial charge in [0.2, 0.25) is 5.13 Å². The summed E-state index contributed by atoms with van der Waals surface area (Å²) >= 11 is 1.55. The summed E-state index contributed by atoms with van der Waals surface area (Å²) in [5, 5.41) is 12.3. The summed E-state index contributed by atoms with van der Waals surface area (Å²) in [6, 6.07) is 0. The van der Waals surface area contributed by atoms with Gasteiger partial charge in [-0.05, 0) is 13.8 Å². The number of nitrogens with one attached hydrogen (secondary N) is 1. The lowest BCUT2D eigenvalue weighted by atomic mass is 10.4. The van der Waals surface area contributed by atoms with Crippen LogP contribution < -0.4 is 5.32 Å². The lowest BCUT2D eigenvalue weighted by molar-refractivity contribution is 1.05. The first-order chi connectivity index (χ1) is 7.24. The Hall–Kier alpha value is -1.42. The Morgan fingerprint density at radius 1 is 1.27 bits per heavy atom. The number of rotatable bonds is 3. The number of aromatic nitrogens is 2. The molecule has 15 heavy (non-hydrogen) atoms. The van der Waals surface area contributed by atoms with Gasteiger partial charge in [-0.3, -0.25) is 0 Å². The van der Waals surface area contributed by atoms with E-state index in [2.05, 4.69) is 22.1 Å². The van der Waals surface area contributed by atoms with E-state index in [0.717, 1.165) is 10.1 Å². The summed E-state index contributed by atoms with van der Waals surface area (Å²) in [6.07, 6.45) is 9.51. The molecule has 0 aromatic carbocycles. The average Bonchev–Trinajstić information content (AvgIpc) is 2.66. The maximum Gasteiger partial charge on any atom is 0.205 e. The molecule has 3 nitrogen and oxygen atoms in total. The molecule has 0 spiro atoms. The van der Waals surface area contributed by atoms with E-state index in [4.69, 9.17) is 0 Å². The monoisotopic (exact) mass is 223 g/mol. The minimum absolute atomic E-state index is 0.877. The maximum atomic E-state index is 3.79. The molecular weight excluding hydrogens is 206 g/mol. The lowest BCUT2D eigenvalue weighted by Crippen LogP contribution is -1.84. The second-order valence-electron chi connectivity index (χ2n) is 2.52. The highest BCUT2D eigenvalue weighted by atomic mass is 32.1. The Labute approximate surface area is 95.3 Å². The van der Waals surface area contributed by atoms with Gasteiger partial charge >= 0.3 is 0 Å². The van der Waals surface area contributed by atoms with Crippen molar-refractivity contribution in [1.29, 1.82) is 0 Å². The second-order valence-corrected chi connectivity index (χ2v) is 3.70. The highest BCUT2D eigenvalue weighted by molar-refractivity contribution is 7.15. The van der Waals surface area contributed by atoms with Crippen LogP contribution in [-0.4, -0.2) is 17.2 Å². The summed E-state index contributed by atoms with van der Waals surface area (Å²) < 4.78 is 0. The van der Waals surface area contributed by atoms with Crippen LogP contribution in [0.15, 0.2) is 37.0 Å². The van der Waals surface area contributed by atoms with Gasteiger partial charge in [-0.1, -0.05) is 48.3 Å². The summed E-state index contributed by atoms with van der Waals surface area (Å²) in [4.78, 5) is 0. The van der Waals surface area contributed by atoms with Gasteiger partial charge in [0.1, 0.15) is 5.01 Å². The first-order valence-electron chi connectivity index (χ1n) is 4.62. The first-order valence-corrected chi connectivity index (χ1v) is 5.44. The quantitative estimate of drug-likeness (QED) is 0.800. The standard InChI is InChI=1S/C7H10.C4H7N3S/c1-3-5-7-6-4-2;1-3-6-7-4(5-2)8-3/h3-7H,1H2,2H3;1-2H3,(H,5,7)/b6-4-,7-5-;. The number of allylic oxidation sites excluding steroid dienone is 5. The molecule has 1 heterocycles. The Morgan fingerprint density at radius 2 is 2.00 bits per heavy atom. The van der Waals surface area contributed by atoms with Crippen molar-refractivity contribution in [1.82, 2.24) is 10.2 Å². The van der Waals surface area contributed by atoms with Gasteiger partial charge in [0.05, 0.1) is 0 Å². The SMILES string of the molecule is C=C/C=C\C=C/C.CNc1nnc(C)s1. The zero-order valence-electron chi connectivity index (χ0n) is 9.40. The number of aryl methyl sites for hydroxylation is 1. The number of hydrogen-bond donors (Lipinski definition) is 1. The fourth-order valence-electron chi connectivity index (χ4n) is 0.651. The largest absolute Gasteiger partial charge is 0.363 e. The molecule has 0 amide bonds. The van der Waals surface area contributed by atoms with Crippen molar-refractivity contribution >= 4 is 16.5 Å². The molecular formula is C11H17N3S. The molecule has 0 radical (unpaired) electrons. The van der Waals surface area contributed by atoms with Crippen LogP contribution in [0.3, 0.4) is 0 Å². The summed E-state index contributed by atoms with van der Waals surface area (Å²) in [7, 11) is 1.83. The molecule has 0 aliphatic rings. The average molecular weight is 223 g/mol. The number of nitrogens with zero attached hydrogens (tertiary/aromatic N) is 2. The van der Waals surface area contributed by atoms with Gasteiger partial charge in [0.25, 0.3) is 0 Å². The molecule has 4 heteroatoms.